The van der Waals surface area contributed by atoms with Crippen molar-refractivity contribution in [2.24, 2.45) is 0 Å². The highest BCUT2D eigenvalue weighted by molar-refractivity contribution is 14.1. The number of nitrogen functional groups attached to an aromatic ring is 1. The molecule has 2 rings (SSSR count). The van der Waals surface area contributed by atoms with Crippen molar-refractivity contribution in [1.29, 1.82) is 0 Å². The van der Waals surface area contributed by atoms with E-state index in [9.17, 15) is 4.79 Å². The minimum atomic E-state index is -0.305. The van der Waals surface area contributed by atoms with Crippen LogP contribution < -0.4 is 11.1 Å². The molecule has 3 nitrogen and oxygen atoms in total. The minimum Gasteiger partial charge on any atom is -0.397 e. The lowest BCUT2D eigenvalue weighted by Crippen LogP contribution is -2.14. The highest BCUT2D eigenvalue weighted by atomic mass is 127. The number of halogens is 3. The fourth-order valence-electron chi connectivity index (χ4n) is 1.52. The van der Waals surface area contributed by atoms with Gasteiger partial charge in [-0.25, -0.2) is 0 Å². The molecule has 0 spiro atoms. The Morgan fingerprint density at radius 1 is 1.21 bits per heavy atom. The average molecular weight is 407 g/mol. The molecule has 0 fully saturated rings. The molecular formula is C13H9Cl2IN2O. The second-order valence-electron chi connectivity index (χ2n) is 3.78. The third kappa shape index (κ3) is 3.32. The Labute approximate surface area is 134 Å². The Kier molecular flexibility index (Phi) is 4.54. The van der Waals surface area contributed by atoms with Crippen molar-refractivity contribution in [3.63, 3.8) is 0 Å². The molecule has 0 bridgehead atoms. The van der Waals surface area contributed by atoms with Crippen LogP contribution in [-0.4, -0.2) is 5.91 Å². The van der Waals surface area contributed by atoms with Crippen LogP contribution in [0.3, 0.4) is 0 Å². The average Bonchev–Trinajstić information content (AvgIpc) is 2.36. The van der Waals surface area contributed by atoms with Gasteiger partial charge in [-0.15, -0.1) is 0 Å². The molecular weight excluding hydrogens is 398 g/mol. The van der Waals surface area contributed by atoms with Crippen LogP contribution in [0.15, 0.2) is 36.4 Å². The number of anilines is 2. The van der Waals surface area contributed by atoms with Crippen molar-refractivity contribution in [2.45, 2.75) is 0 Å². The summed E-state index contributed by atoms with van der Waals surface area (Å²) in [6.07, 6.45) is 0. The van der Waals surface area contributed by atoms with E-state index in [0.717, 1.165) is 3.57 Å². The molecule has 98 valence electrons. The van der Waals surface area contributed by atoms with E-state index in [1.807, 2.05) is 0 Å². The van der Waals surface area contributed by atoms with Gasteiger partial charge in [0.1, 0.15) is 0 Å². The van der Waals surface area contributed by atoms with Crippen molar-refractivity contribution >= 4 is 63.1 Å². The zero-order valence-electron chi connectivity index (χ0n) is 9.58. The van der Waals surface area contributed by atoms with Crippen molar-refractivity contribution < 1.29 is 4.79 Å². The van der Waals surface area contributed by atoms with Gasteiger partial charge in [0.15, 0.2) is 0 Å². The SMILES string of the molecule is Nc1c(Cl)cccc1C(=O)Nc1ccc(Cl)cc1I. The van der Waals surface area contributed by atoms with Gasteiger partial charge in [0.05, 0.1) is 22.0 Å². The normalized spacial score (nSPS) is 10.3. The molecule has 0 unspecified atom stereocenters. The van der Waals surface area contributed by atoms with Crippen molar-refractivity contribution in [3.05, 3.63) is 55.6 Å². The van der Waals surface area contributed by atoms with Crippen LogP contribution >= 0.6 is 45.8 Å². The third-order valence-electron chi connectivity index (χ3n) is 2.48. The standard InChI is InChI=1S/C13H9Cl2IN2O/c14-7-4-5-11(10(16)6-7)18-13(19)8-2-1-3-9(15)12(8)17/h1-6H,17H2,(H,18,19). The number of benzene rings is 2. The number of carbonyl (C=O) groups is 1. The van der Waals surface area contributed by atoms with Crippen LogP contribution in [0.25, 0.3) is 0 Å². The Hall–Kier alpha value is -0.980. The number of para-hydroxylation sites is 1. The molecule has 0 heterocycles. The predicted molar refractivity (Wildman–Crippen MR) is 88.0 cm³/mol. The van der Waals surface area contributed by atoms with Crippen LogP contribution in [0, 0.1) is 3.57 Å². The predicted octanol–water partition coefficient (Wildman–Crippen LogP) is 4.43. The van der Waals surface area contributed by atoms with Gasteiger partial charge in [-0.1, -0.05) is 29.3 Å². The fourth-order valence-corrected chi connectivity index (χ4v) is 2.70. The molecule has 0 saturated heterocycles. The molecule has 19 heavy (non-hydrogen) atoms. The monoisotopic (exact) mass is 406 g/mol. The molecule has 2 aromatic rings. The van der Waals surface area contributed by atoms with E-state index in [4.69, 9.17) is 28.9 Å². The summed E-state index contributed by atoms with van der Waals surface area (Å²) in [5.74, 6) is -0.305. The molecule has 0 aliphatic rings. The van der Waals surface area contributed by atoms with Gasteiger partial charge in [0, 0.05) is 8.59 Å². The summed E-state index contributed by atoms with van der Waals surface area (Å²) in [6, 6.07) is 10.2. The summed E-state index contributed by atoms with van der Waals surface area (Å²) < 4.78 is 0.846. The zero-order valence-corrected chi connectivity index (χ0v) is 13.3. The van der Waals surface area contributed by atoms with E-state index in [1.165, 1.54) is 0 Å². The quantitative estimate of drug-likeness (QED) is 0.572. The number of nitrogens with two attached hydrogens (primary N) is 1. The summed E-state index contributed by atoms with van der Waals surface area (Å²) in [4.78, 5) is 12.1. The molecule has 0 aromatic heterocycles. The molecule has 1 amide bonds. The first-order chi connectivity index (χ1) is 8.99. The highest BCUT2D eigenvalue weighted by Gasteiger charge is 2.13. The largest absolute Gasteiger partial charge is 0.397 e. The summed E-state index contributed by atoms with van der Waals surface area (Å²) in [6.45, 7) is 0. The van der Waals surface area contributed by atoms with E-state index in [-0.39, 0.29) is 11.6 Å². The number of nitrogens with one attached hydrogen (secondary N) is 1. The highest BCUT2D eigenvalue weighted by Crippen LogP contribution is 2.26. The second-order valence-corrected chi connectivity index (χ2v) is 5.79. The van der Waals surface area contributed by atoms with Crippen LogP contribution in [0.5, 0.6) is 0 Å². The maximum atomic E-state index is 12.1. The van der Waals surface area contributed by atoms with Crippen LogP contribution in [0.1, 0.15) is 10.4 Å². The van der Waals surface area contributed by atoms with Crippen molar-refractivity contribution in [3.8, 4) is 0 Å². The van der Waals surface area contributed by atoms with Gasteiger partial charge < -0.3 is 11.1 Å². The molecule has 0 aliphatic heterocycles. The van der Waals surface area contributed by atoms with Crippen molar-refractivity contribution in [1.82, 2.24) is 0 Å². The number of hydrogen-bond acceptors (Lipinski definition) is 2. The maximum Gasteiger partial charge on any atom is 0.257 e. The molecule has 0 radical (unpaired) electrons. The van der Waals surface area contributed by atoms with Crippen LogP contribution in [0.2, 0.25) is 10.0 Å². The smallest absolute Gasteiger partial charge is 0.257 e. The summed E-state index contributed by atoms with van der Waals surface area (Å²) in [5, 5.41) is 3.75. The Morgan fingerprint density at radius 2 is 1.95 bits per heavy atom. The van der Waals surface area contributed by atoms with E-state index in [1.54, 1.807) is 36.4 Å². The van der Waals surface area contributed by atoms with E-state index in [0.29, 0.717) is 21.3 Å². The first kappa shape index (κ1) is 14.4. The van der Waals surface area contributed by atoms with Gasteiger partial charge in [0.2, 0.25) is 0 Å². The van der Waals surface area contributed by atoms with E-state index in [2.05, 4.69) is 27.9 Å². The summed E-state index contributed by atoms with van der Waals surface area (Å²) in [7, 11) is 0. The van der Waals surface area contributed by atoms with Crippen LogP contribution in [0.4, 0.5) is 11.4 Å². The topological polar surface area (TPSA) is 55.1 Å². The lowest BCUT2D eigenvalue weighted by molar-refractivity contribution is 0.102. The summed E-state index contributed by atoms with van der Waals surface area (Å²) in [5.41, 5.74) is 7.07. The Bertz CT molecular complexity index is 647. The molecule has 0 aliphatic carbocycles. The number of amides is 1. The van der Waals surface area contributed by atoms with Gasteiger partial charge in [0.25, 0.3) is 5.91 Å². The molecule has 3 N–H and O–H groups in total. The molecule has 6 heteroatoms. The van der Waals surface area contributed by atoms with Gasteiger partial charge in [-0.2, -0.15) is 0 Å². The first-order valence-electron chi connectivity index (χ1n) is 5.29. The molecule has 0 saturated carbocycles. The van der Waals surface area contributed by atoms with Gasteiger partial charge >= 0.3 is 0 Å². The maximum absolute atomic E-state index is 12.1. The van der Waals surface area contributed by atoms with Crippen molar-refractivity contribution in [2.75, 3.05) is 11.1 Å². The summed E-state index contributed by atoms with van der Waals surface area (Å²) >= 11 is 13.8. The van der Waals surface area contributed by atoms with Gasteiger partial charge in [-0.3, -0.25) is 4.79 Å². The van der Waals surface area contributed by atoms with Crippen LogP contribution in [-0.2, 0) is 0 Å². The number of hydrogen-bond donors (Lipinski definition) is 2. The molecule has 2 aromatic carbocycles. The van der Waals surface area contributed by atoms with Gasteiger partial charge in [-0.05, 0) is 52.9 Å². The number of rotatable bonds is 2. The van der Waals surface area contributed by atoms with E-state index >= 15 is 0 Å². The Morgan fingerprint density at radius 3 is 2.63 bits per heavy atom. The third-order valence-corrected chi connectivity index (χ3v) is 3.93. The zero-order chi connectivity index (χ0) is 14.0. The lowest BCUT2D eigenvalue weighted by atomic mass is 10.1. The fraction of sp³-hybridized carbons (Fsp3) is 0. The first-order valence-corrected chi connectivity index (χ1v) is 7.13. The second kappa shape index (κ2) is 5.98. The van der Waals surface area contributed by atoms with E-state index < -0.39 is 0 Å². The Balaban J connectivity index is 2.28. The minimum absolute atomic E-state index is 0.269. The molecule has 0 atom stereocenters. The number of carbonyl (C=O) groups excluding carboxylic acids is 1. The lowest BCUT2D eigenvalue weighted by Gasteiger charge is -2.10.